The molecule has 66 valence electrons. The Kier molecular flexibility index (Phi) is 2.70. The maximum absolute atomic E-state index is 11.1. The number of halogens is 1. The van der Waals surface area contributed by atoms with Gasteiger partial charge in [-0.1, -0.05) is 11.6 Å². The first-order chi connectivity index (χ1) is 5.65. The summed E-state index contributed by atoms with van der Waals surface area (Å²) in [6.07, 6.45) is 1.53. The van der Waals surface area contributed by atoms with Crippen LogP contribution in [0.2, 0.25) is 0 Å². The van der Waals surface area contributed by atoms with E-state index in [2.05, 4.69) is 10.1 Å². The van der Waals surface area contributed by atoms with E-state index in [1.807, 2.05) is 0 Å². The second-order valence-corrected chi connectivity index (χ2v) is 2.84. The van der Waals surface area contributed by atoms with Gasteiger partial charge in [-0.05, 0) is 0 Å². The van der Waals surface area contributed by atoms with E-state index in [1.165, 1.54) is 13.3 Å². The summed E-state index contributed by atoms with van der Waals surface area (Å²) in [4.78, 5) is 22.0. The maximum Gasteiger partial charge on any atom is 0.336 e. The molecule has 0 bridgehead atoms. The van der Waals surface area contributed by atoms with Crippen LogP contribution in [0, 0.1) is 0 Å². The highest BCUT2D eigenvalue weighted by Crippen LogP contribution is 2.13. The maximum atomic E-state index is 11.1. The Morgan fingerprint density at radius 2 is 2.50 bits per heavy atom. The lowest BCUT2D eigenvalue weighted by Crippen LogP contribution is -2.43. The zero-order chi connectivity index (χ0) is 9.14. The van der Waals surface area contributed by atoms with Crippen LogP contribution in [0.5, 0.6) is 0 Å². The first kappa shape index (κ1) is 9.06. The summed E-state index contributed by atoms with van der Waals surface area (Å²) in [5, 5.41) is 2.95. The van der Waals surface area contributed by atoms with Gasteiger partial charge in [-0.15, -0.1) is 0 Å². The number of ether oxygens (including phenoxy) is 1. The highest BCUT2D eigenvalue weighted by molar-refractivity contribution is 6.31. The predicted molar refractivity (Wildman–Crippen MR) is 42.5 cm³/mol. The summed E-state index contributed by atoms with van der Waals surface area (Å²) in [6, 6.07) is -0.891. The van der Waals surface area contributed by atoms with Crippen molar-refractivity contribution >= 4 is 23.4 Å². The van der Waals surface area contributed by atoms with Crippen LogP contribution in [-0.2, 0) is 14.3 Å². The van der Waals surface area contributed by atoms with Crippen molar-refractivity contribution in [3.8, 4) is 0 Å². The number of hydrogen-bond acceptors (Lipinski definition) is 4. The number of nitrogens with one attached hydrogen (secondary N) is 1. The molecule has 0 aliphatic carbocycles. The normalized spacial score (nSPS) is 22.7. The fourth-order valence-corrected chi connectivity index (χ4v) is 1.10. The van der Waals surface area contributed by atoms with Gasteiger partial charge in [0.05, 0.1) is 7.11 Å². The summed E-state index contributed by atoms with van der Waals surface area (Å²) in [7, 11) is 1.23. The minimum Gasteiger partial charge on any atom is -0.467 e. The molecule has 0 radical (unpaired) electrons. The van der Waals surface area contributed by atoms with Crippen LogP contribution >= 0.6 is 11.6 Å². The lowest BCUT2D eigenvalue weighted by atomic mass is 10.1. The molecule has 0 saturated carbocycles. The van der Waals surface area contributed by atoms with Gasteiger partial charge >= 0.3 is 5.97 Å². The molecule has 1 aliphatic heterocycles. The number of Topliss-reactive ketones (excluding diaryl/α,β-unsaturated/α-hetero) is 1. The van der Waals surface area contributed by atoms with Gasteiger partial charge in [0.25, 0.3) is 0 Å². The summed E-state index contributed by atoms with van der Waals surface area (Å²) < 4.78 is 4.40. The van der Waals surface area contributed by atoms with Gasteiger partial charge in [-0.25, -0.2) is 4.79 Å². The molecule has 1 heterocycles. The molecule has 0 spiro atoms. The zero-order valence-corrected chi connectivity index (χ0v) is 7.22. The highest BCUT2D eigenvalue weighted by Gasteiger charge is 2.29. The van der Waals surface area contributed by atoms with Crippen LogP contribution < -0.4 is 5.32 Å². The van der Waals surface area contributed by atoms with Gasteiger partial charge in [0.2, 0.25) is 0 Å². The van der Waals surface area contributed by atoms with E-state index < -0.39 is 12.0 Å². The smallest absolute Gasteiger partial charge is 0.336 e. The fourth-order valence-electron chi connectivity index (χ4n) is 0.904. The molecule has 0 aromatic rings. The monoisotopic (exact) mass is 189 g/mol. The Morgan fingerprint density at radius 1 is 1.83 bits per heavy atom. The molecule has 0 aromatic heterocycles. The minimum absolute atomic E-state index is 0.0916. The first-order valence-electron chi connectivity index (χ1n) is 3.36. The largest absolute Gasteiger partial charge is 0.467 e. The molecule has 0 amide bonds. The molecule has 0 fully saturated rings. The molecular weight excluding hydrogens is 182 g/mol. The average Bonchev–Trinajstić information content (AvgIpc) is 2.03. The van der Waals surface area contributed by atoms with Crippen LogP contribution in [0.4, 0.5) is 0 Å². The Labute approximate surface area is 74.5 Å². The van der Waals surface area contributed by atoms with Crippen LogP contribution in [0.1, 0.15) is 6.42 Å². The van der Waals surface area contributed by atoms with Gasteiger partial charge in [0.15, 0.2) is 11.8 Å². The molecule has 1 N–H and O–H groups in total. The Hall–Kier alpha value is -1.03. The van der Waals surface area contributed by atoms with E-state index in [1.54, 1.807) is 0 Å². The number of allylic oxidation sites excluding steroid dienone is 1. The molecule has 1 atom stereocenters. The number of rotatable bonds is 1. The molecule has 1 aliphatic rings. The molecule has 0 saturated heterocycles. The van der Waals surface area contributed by atoms with E-state index in [-0.39, 0.29) is 12.2 Å². The SMILES string of the molecule is COC(=O)C1NC=C(Cl)CC1=O. The average molecular weight is 190 g/mol. The van der Waals surface area contributed by atoms with E-state index >= 15 is 0 Å². The summed E-state index contributed by atoms with van der Waals surface area (Å²) in [5.74, 6) is -0.852. The van der Waals surface area contributed by atoms with Gasteiger partial charge in [-0.3, -0.25) is 4.79 Å². The quantitative estimate of drug-likeness (QED) is 0.472. The zero-order valence-electron chi connectivity index (χ0n) is 6.46. The van der Waals surface area contributed by atoms with Crippen molar-refractivity contribution in [2.24, 2.45) is 0 Å². The molecule has 1 rings (SSSR count). The highest BCUT2D eigenvalue weighted by atomic mass is 35.5. The van der Waals surface area contributed by atoms with Gasteiger partial charge in [0, 0.05) is 17.7 Å². The summed E-state index contributed by atoms with van der Waals surface area (Å²) >= 11 is 5.55. The van der Waals surface area contributed by atoms with Crippen molar-refractivity contribution in [2.45, 2.75) is 12.5 Å². The number of hydrogen-bond donors (Lipinski definition) is 1. The molecule has 12 heavy (non-hydrogen) atoms. The van der Waals surface area contributed by atoms with Crippen molar-refractivity contribution in [2.75, 3.05) is 7.11 Å². The van der Waals surface area contributed by atoms with Crippen molar-refractivity contribution in [3.63, 3.8) is 0 Å². The summed E-state index contributed by atoms with van der Waals surface area (Å²) in [6.45, 7) is 0. The lowest BCUT2D eigenvalue weighted by Gasteiger charge is -2.17. The number of carbonyl (C=O) groups excluding carboxylic acids is 2. The van der Waals surface area contributed by atoms with Crippen molar-refractivity contribution in [1.29, 1.82) is 0 Å². The second-order valence-electron chi connectivity index (χ2n) is 2.36. The van der Waals surface area contributed by atoms with Gasteiger partial charge < -0.3 is 10.1 Å². The number of methoxy groups -OCH3 is 1. The third-order valence-corrected chi connectivity index (χ3v) is 1.75. The Morgan fingerprint density at radius 3 is 3.00 bits per heavy atom. The fraction of sp³-hybridized carbons (Fsp3) is 0.429. The Bertz CT molecular complexity index is 249. The van der Waals surface area contributed by atoms with Crippen molar-refractivity contribution in [3.05, 3.63) is 11.2 Å². The van der Waals surface area contributed by atoms with E-state index in [9.17, 15) is 9.59 Å². The number of ketones is 1. The van der Waals surface area contributed by atoms with E-state index in [0.29, 0.717) is 5.03 Å². The van der Waals surface area contributed by atoms with Gasteiger partial charge in [-0.2, -0.15) is 0 Å². The van der Waals surface area contributed by atoms with Crippen LogP contribution in [-0.4, -0.2) is 24.9 Å². The van der Waals surface area contributed by atoms with Crippen molar-refractivity contribution < 1.29 is 14.3 Å². The number of esters is 1. The van der Waals surface area contributed by atoms with E-state index in [4.69, 9.17) is 11.6 Å². The topological polar surface area (TPSA) is 55.4 Å². The van der Waals surface area contributed by atoms with Crippen molar-refractivity contribution in [1.82, 2.24) is 5.32 Å². The molecular formula is C7H8ClNO3. The van der Waals surface area contributed by atoms with Gasteiger partial charge in [0.1, 0.15) is 0 Å². The lowest BCUT2D eigenvalue weighted by molar-refractivity contribution is -0.146. The van der Waals surface area contributed by atoms with Crippen LogP contribution in [0.15, 0.2) is 11.2 Å². The Balaban J connectivity index is 2.70. The third kappa shape index (κ3) is 1.76. The van der Waals surface area contributed by atoms with E-state index in [0.717, 1.165) is 0 Å². The summed E-state index contributed by atoms with van der Waals surface area (Å²) in [5.41, 5.74) is 0. The number of carbonyl (C=O) groups is 2. The molecule has 1 unspecified atom stereocenters. The molecule has 0 aromatic carbocycles. The standard InChI is InChI=1S/C7H8ClNO3/c1-12-7(11)6-5(10)2-4(8)3-9-6/h3,6,9H,2H2,1H3. The molecule has 4 nitrogen and oxygen atoms in total. The minimum atomic E-state index is -0.891. The second kappa shape index (κ2) is 3.58. The third-order valence-electron chi connectivity index (χ3n) is 1.51. The predicted octanol–water partition coefficient (Wildman–Crippen LogP) is 0.171. The van der Waals surface area contributed by atoms with Crippen LogP contribution in [0.25, 0.3) is 0 Å². The van der Waals surface area contributed by atoms with Crippen LogP contribution in [0.3, 0.4) is 0 Å². The first-order valence-corrected chi connectivity index (χ1v) is 3.74. The molecule has 5 heteroatoms.